The lowest BCUT2D eigenvalue weighted by Gasteiger charge is -2.20. The van der Waals surface area contributed by atoms with Gasteiger partial charge in [-0.25, -0.2) is 0 Å². The molecule has 1 heterocycles. The molecule has 118 valence electrons. The van der Waals surface area contributed by atoms with Crippen LogP contribution in [-0.4, -0.2) is 16.1 Å². The van der Waals surface area contributed by atoms with E-state index < -0.39 is 0 Å². The zero-order valence-electron chi connectivity index (χ0n) is 13.7. The minimum absolute atomic E-state index is 0.00345. The van der Waals surface area contributed by atoms with Gasteiger partial charge in [-0.3, -0.25) is 4.79 Å². The molecule has 1 aliphatic carbocycles. The molecule has 0 bridgehead atoms. The van der Waals surface area contributed by atoms with Crippen molar-refractivity contribution in [1.29, 1.82) is 0 Å². The second-order valence-corrected chi connectivity index (χ2v) is 6.26. The number of hydrogen-bond acceptors (Lipinski definition) is 3. The molecule has 1 aromatic heterocycles. The van der Waals surface area contributed by atoms with Crippen LogP contribution in [0.4, 0.5) is 5.69 Å². The molecular formula is C19H21N3O. The summed E-state index contributed by atoms with van der Waals surface area (Å²) in [6.07, 6.45) is 5.89. The summed E-state index contributed by atoms with van der Waals surface area (Å²) in [7, 11) is 0. The van der Waals surface area contributed by atoms with Crippen molar-refractivity contribution in [3.8, 4) is 11.3 Å². The molecule has 0 spiro atoms. The molecule has 2 unspecified atom stereocenters. The summed E-state index contributed by atoms with van der Waals surface area (Å²) in [6, 6.07) is 9.69. The van der Waals surface area contributed by atoms with E-state index in [1.165, 1.54) is 0 Å². The summed E-state index contributed by atoms with van der Waals surface area (Å²) in [5.41, 5.74) is 3.70. The number of benzene rings is 1. The molecule has 1 N–H and O–H groups in total. The zero-order valence-corrected chi connectivity index (χ0v) is 13.7. The summed E-state index contributed by atoms with van der Waals surface area (Å²) in [4.78, 5) is 12.6. The van der Waals surface area contributed by atoms with Crippen LogP contribution in [0.25, 0.3) is 11.3 Å². The number of allylic oxidation sites excluding steroid dienone is 2. The van der Waals surface area contributed by atoms with E-state index in [0.29, 0.717) is 0 Å². The number of nitrogens with one attached hydrogen (secondary N) is 1. The minimum atomic E-state index is -0.00345. The van der Waals surface area contributed by atoms with Crippen LogP contribution in [0.1, 0.15) is 19.4 Å². The normalized spacial score (nSPS) is 23.0. The standard InChI is InChI=1S/C19H21N3O/c1-12-8-9-15(11-16(12)17-5-4-10-20-22-17)21-19(23)18-13(2)6-7-14(18)3/h4-11,13-14,18H,1-3H3,(H,21,23). The highest BCUT2D eigenvalue weighted by atomic mass is 16.1. The fourth-order valence-corrected chi connectivity index (χ4v) is 3.19. The lowest BCUT2D eigenvalue weighted by Crippen LogP contribution is -2.29. The van der Waals surface area contributed by atoms with E-state index >= 15 is 0 Å². The van der Waals surface area contributed by atoms with Crippen LogP contribution in [0.5, 0.6) is 0 Å². The number of hydrogen-bond donors (Lipinski definition) is 1. The van der Waals surface area contributed by atoms with Gasteiger partial charge in [0, 0.05) is 17.4 Å². The van der Waals surface area contributed by atoms with E-state index in [0.717, 1.165) is 22.5 Å². The fraction of sp³-hybridized carbons (Fsp3) is 0.316. The van der Waals surface area contributed by atoms with Crippen LogP contribution in [0.3, 0.4) is 0 Å². The largest absolute Gasteiger partial charge is 0.326 e. The van der Waals surface area contributed by atoms with Gasteiger partial charge in [-0.1, -0.05) is 32.1 Å². The molecule has 0 saturated carbocycles. The molecule has 1 aromatic carbocycles. The SMILES string of the molecule is Cc1ccc(NC(=O)C2C(C)C=CC2C)cc1-c1cccnn1. The maximum absolute atomic E-state index is 12.6. The number of nitrogens with zero attached hydrogens (tertiary/aromatic N) is 2. The van der Waals surface area contributed by atoms with Crippen molar-refractivity contribution in [2.45, 2.75) is 20.8 Å². The third-order valence-electron chi connectivity index (χ3n) is 4.51. The summed E-state index contributed by atoms with van der Waals surface area (Å²) in [6.45, 7) is 6.20. The fourth-order valence-electron chi connectivity index (χ4n) is 3.19. The molecule has 1 aliphatic rings. The van der Waals surface area contributed by atoms with Crippen molar-refractivity contribution in [2.24, 2.45) is 17.8 Å². The van der Waals surface area contributed by atoms with Crippen LogP contribution in [0, 0.1) is 24.7 Å². The summed E-state index contributed by atoms with van der Waals surface area (Å²) in [5.74, 6) is 0.616. The topological polar surface area (TPSA) is 54.9 Å². The van der Waals surface area contributed by atoms with Gasteiger partial charge in [-0.2, -0.15) is 10.2 Å². The highest BCUT2D eigenvalue weighted by molar-refractivity contribution is 5.94. The number of rotatable bonds is 3. The quantitative estimate of drug-likeness (QED) is 0.876. The van der Waals surface area contributed by atoms with Crippen LogP contribution in [0.2, 0.25) is 0 Å². The molecule has 2 atom stereocenters. The molecule has 4 nitrogen and oxygen atoms in total. The van der Waals surface area contributed by atoms with Gasteiger partial charge >= 0.3 is 0 Å². The first-order valence-electron chi connectivity index (χ1n) is 7.94. The first kappa shape index (κ1) is 15.4. The molecule has 0 radical (unpaired) electrons. The predicted octanol–water partition coefficient (Wildman–Crippen LogP) is 3.85. The van der Waals surface area contributed by atoms with Gasteiger partial charge in [0.15, 0.2) is 0 Å². The predicted molar refractivity (Wildman–Crippen MR) is 91.8 cm³/mol. The van der Waals surface area contributed by atoms with Crippen molar-refractivity contribution in [1.82, 2.24) is 10.2 Å². The third kappa shape index (κ3) is 3.16. The van der Waals surface area contributed by atoms with Crippen LogP contribution < -0.4 is 5.32 Å². The summed E-state index contributed by atoms with van der Waals surface area (Å²) >= 11 is 0. The van der Waals surface area contributed by atoms with Gasteiger partial charge in [0.25, 0.3) is 0 Å². The number of amides is 1. The van der Waals surface area contributed by atoms with E-state index in [1.54, 1.807) is 6.20 Å². The van der Waals surface area contributed by atoms with Crippen LogP contribution >= 0.6 is 0 Å². The first-order chi connectivity index (χ1) is 11.1. The Morgan fingerprint density at radius 2 is 1.87 bits per heavy atom. The molecule has 4 heteroatoms. The van der Waals surface area contributed by atoms with E-state index in [4.69, 9.17) is 0 Å². The molecule has 0 saturated heterocycles. The number of anilines is 1. The Morgan fingerprint density at radius 3 is 2.52 bits per heavy atom. The van der Waals surface area contributed by atoms with Gasteiger partial charge < -0.3 is 5.32 Å². The maximum Gasteiger partial charge on any atom is 0.228 e. The van der Waals surface area contributed by atoms with Gasteiger partial charge in [0.2, 0.25) is 5.91 Å². The van der Waals surface area contributed by atoms with E-state index in [9.17, 15) is 4.79 Å². The molecule has 2 aromatic rings. The molecule has 3 rings (SSSR count). The van der Waals surface area contributed by atoms with Crippen LogP contribution in [0.15, 0.2) is 48.7 Å². The molecule has 1 amide bonds. The number of carbonyl (C=O) groups excluding carboxylic acids is 1. The molecular weight excluding hydrogens is 286 g/mol. The maximum atomic E-state index is 12.6. The summed E-state index contributed by atoms with van der Waals surface area (Å²) in [5, 5.41) is 11.1. The average molecular weight is 307 g/mol. The second kappa shape index (κ2) is 6.32. The average Bonchev–Trinajstić information content (AvgIpc) is 2.89. The Morgan fingerprint density at radius 1 is 1.13 bits per heavy atom. The Hall–Kier alpha value is -2.49. The number of aryl methyl sites for hydroxylation is 1. The highest BCUT2D eigenvalue weighted by Gasteiger charge is 2.31. The minimum Gasteiger partial charge on any atom is -0.326 e. The smallest absolute Gasteiger partial charge is 0.228 e. The van der Waals surface area contributed by atoms with Crippen LogP contribution in [-0.2, 0) is 4.79 Å². The number of aromatic nitrogens is 2. The molecule has 0 aliphatic heterocycles. The lowest BCUT2D eigenvalue weighted by molar-refractivity contribution is -0.121. The van der Waals surface area contributed by atoms with Crippen molar-refractivity contribution >= 4 is 11.6 Å². The van der Waals surface area contributed by atoms with Crippen molar-refractivity contribution in [3.63, 3.8) is 0 Å². The molecule has 0 fully saturated rings. The Kier molecular flexibility index (Phi) is 4.24. The molecule has 23 heavy (non-hydrogen) atoms. The number of carbonyl (C=O) groups is 1. The highest BCUT2D eigenvalue weighted by Crippen LogP contribution is 2.32. The Balaban J connectivity index is 1.83. The first-order valence-corrected chi connectivity index (χ1v) is 7.94. The monoisotopic (exact) mass is 307 g/mol. The van der Waals surface area contributed by atoms with Gasteiger partial charge in [0.05, 0.1) is 11.6 Å². The van der Waals surface area contributed by atoms with Gasteiger partial charge in [-0.15, -0.1) is 0 Å². The third-order valence-corrected chi connectivity index (χ3v) is 4.51. The zero-order chi connectivity index (χ0) is 16.4. The van der Waals surface area contributed by atoms with E-state index in [2.05, 4.69) is 41.5 Å². The van der Waals surface area contributed by atoms with E-state index in [-0.39, 0.29) is 23.7 Å². The second-order valence-electron chi connectivity index (χ2n) is 6.26. The van der Waals surface area contributed by atoms with Crippen molar-refractivity contribution in [2.75, 3.05) is 5.32 Å². The van der Waals surface area contributed by atoms with Crippen molar-refractivity contribution in [3.05, 3.63) is 54.2 Å². The Labute approximate surface area is 136 Å². The Bertz CT molecular complexity index is 728. The van der Waals surface area contributed by atoms with Gasteiger partial charge in [-0.05, 0) is 48.6 Å². The van der Waals surface area contributed by atoms with Gasteiger partial charge in [0.1, 0.15) is 0 Å². The van der Waals surface area contributed by atoms with E-state index in [1.807, 2.05) is 37.3 Å². The summed E-state index contributed by atoms with van der Waals surface area (Å²) < 4.78 is 0. The van der Waals surface area contributed by atoms with Crippen molar-refractivity contribution < 1.29 is 4.79 Å². The lowest BCUT2D eigenvalue weighted by atomic mass is 9.89.